The lowest BCUT2D eigenvalue weighted by atomic mass is 10.2. The van der Waals surface area contributed by atoms with Gasteiger partial charge < -0.3 is 14.2 Å². The van der Waals surface area contributed by atoms with Crippen molar-refractivity contribution in [1.29, 1.82) is 0 Å². The first-order valence-corrected chi connectivity index (χ1v) is 6.27. The van der Waals surface area contributed by atoms with E-state index >= 15 is 0 Å². The van der Waals surface area contributed by atoms with Crippen LogP contribution in [0.5, 0.6) is 17.2 Å². The second kappa shape index (κ2) is 6.74. The second-order valence-corrected chi connectivity index (χ2v) is 4.25. The molecule has 4 nitrogen and oxygen atoms in total. The maximum absolute atomic E-state index is 13.6. The smallest absolute Gasteiger partial charge is 0.172 e. The molecule has 0 spiro atoms. The summed E-state index contributed by atoms with van der Waals surface area (Å²) in [7, 11) is 2.89. The van der Waals surface area contributed by atoms with Crippen LogP contribution in [0.25, 0.3) is 0 Å². The van der Waals surface area contributed by atoms with Crippen molar-refractivity contribution in [3.8, 4) is 17.2 Å². The van der Waals surface area contributed by atoms with Crippen molar-refractivity contribution >= 4 is 6.29 Å². The third-order valence-electron chi connectivity index (χ3n) is 2.96. The fraction of sp³-hybridized carbons (Fsp3) is 0.188. The largest absolute Gasteiger partial charge is 0.494 e. The number of benzene rings is 2. The zero-order valence-electron chi connectivity index (χ0n) is 11.8. The first-order valence-electron chi connectivity index (χ1n) is 6.27. The third kappa shape index (κ3) is 3.31. The second-order valence-electron chi connectivity index (χ2n) is 4.25. The number of carbonyl (C=O) groups excluding carboxylic acids is 1. The van der Waals surface area contributed by atoms with Gasteiger partial charge in [-0.3, -0.25) is 4.79 Å². The Labute approximate surface area is 122 Å². The van der Waals surface area contributed by atoms with Gasteiger partial charge in [0.15, 0.2) is 29.4 Å². The van der Waals surface area contributed by atoms with Gasteiger partial charge in [0.05, 0.1) is 19.8 Å². The number of hydrogen-bond donors (Lipinski definition) is 0. The summed E-state index contributed by atoms with van der Waals surface area (Å²) in [5.74, 6) is 0.499. The maximum Gasteiger partial charge on any atom is 0.172 e. The Balaban J connectivity index is 2.20. The molecule has 0 bridgehead atoms. The number of methoxy groups -OCH3 is 2. The molecule has 0 aliphatic heterocycles. The van der Waals surface area contributed by atoms with Crippen molar-refractivity contribution in [2.45, 2.75) is 6.61 Å². The van der Waals surface area contributed by atoms with Crippen molar-refractivity contribution in [3.05, 3.63) is 53.3 Å². The van der Waals surface area contributed by atoms with E-state index in [0.717, 1.165) is 0 Å². The summed E-state index contributed by atoms with van der Waals surface area (Å²) in [6.45, 7) is 0.113. The molecule has 2 aromatic carbocycles. The summed E-state index contributed by atoms with van der Waals surface area (Å²) in [5, 5.41) is 0. The molecule has 0 N–H and O–H groups in total. The number of para-hydroxylation sites is 1. The van der Waals surface area contributed by atoms with Crippen LogP contribution in [0.1, 0.15) is 15.9 Å². The van der Waals surface area contributed by atoms with Gasteiger partial charge in [-0.05, 0) is 29.8 Å². The van der Waals surface area contributed by atoms with E-state index in [1.54, 1.807) is 24.3 Å². The van der Waals surface area contributed by atoms with Crippen LogP contribution < -0.4 is 14.2 Å². The Morgan fingerprint density at radius 2 is 1.86 bits per heavy atom. The minimum Gasteiger partial charge on any atom is -0.494 e. The lowest BCUT2D eigenvalue weighted by Gasteiger charge is -2.13. The zero-order valence-corrected chi connectivity index (χ0v) is 11.8. The highest BCUT2D eigenvalue weighted by atomic mass is 19.1. The molecular formula is C16H15FO4. The summed E-state index contributed by atoms with van der Waals surface area (Å²) in [5.41, 5.74) is 0.999. The molecule has 2 aromatic rings. The predicted octanol–water partition coefficient (Wildman–Crippen LogP) is 3.23. The van der Waals surface area contributed by atoms with Crippen LogP contribution in [-0.2, 0) is 6.61 Å². The molecule has 0 aliphatic carbocycles. The summed E-state index contributed by atoms with van der Waals surface area (Å²) >= 11 is 0. The number of ether oxygens (including phenoxy) is 3. The number of halogens is 1. The van der Waals surface area contributed by atoms with Gasteiger partial charge in [-0.2, -0.15) is 0 Å². The van der Waals surface area contributed by atoms with Crippen LogP contribution in [0, 0.1) is 5.82 Å². The summed E-state index contributed by atoms with van der Waals surface area (Å²) < 4.78 is 29.2. The summed E-state index contributed by atoms with van der Waals surface area (Å²) in [4.78, 5) is 11.0. The van der Waals surface area contributed by atoms with Gasteiger partial charge in [-0.1, -0.05) is 12.1 Å². The van der Waals surface area contributed by atoms with Crippen molar-refractivity contribution in [2.75, 3.05) is 14.2 Å². The Bertz CT molecular complexity index is 640. The zero-order chi connectivity index (χ0) is 15.2. The number of rotatable bonds is 6. The van der Waals surface area contributed by atoms with Crippen molar-refractivity contribution in [1.82, 2.24) is 0 Å². The normalized spacial score (nSPS) is 10.0. The molecule has 0 saturated carbocycles. The fourth-order valence-corrected chi connectivity index (χ4v) is 1.90. The van der Waals surface area contributed by atoms with E-state index in [9.17, 15) is 9.18 Å². The Kier molecular flexibility index (Phi) is 4.77. The Morgan fingerprint density at radius 1 is 1.10 bits per heavy atom. The first kappa shape index (κ1) is 14.8. The maximum atomic E-state index is 13.6. The van der Waals surface area contributed by atoms with Gasteiger partial charge in [0.1, 0.15) is 6.61 Å². The third-order valence-corrected chi connectivity index (χ3v) is 2.96. The molecule has 21 heavy (non-hydrogen) atoms. The quantitative estimate of drug-likeness (QED) is 0.766. The molecule has 0 aromatic heterocycles. The van der Waals surface area contributed by atoms with Crippen LogP contribution in [0.3, 0.4) is 0 Å². The van der Waals surface area contributed by atoms with E-state index in [1.165, 1.54) is 26.4 Å². The lowest BCUT2D eigenvalue weighted by molar-refractivity contribution is 0.111. The van der Waals surface area contributed by atoms with Crippen molar-refractivity contribution in [3.63, 3.8) is 0 Å². The summed E-state index contributed by atoms with van der Waals surface area (Å²) in [6.07, 6.45) is 0.687. The van der Waals surface area contributed by atoms with Gasteiger partial charge >= 0.3 is 0 Å². The summed E-state index contributed by atoms with van der Waals surface area (Å²) in [6, 6.07) is 9.56. The molecule has 0 unspecified atom stereocenters. The van der Waals surface area contributed by atoms with Gasteiger partial charge in [0.2, 0.25) is 0 Å². The van der Waals surface area contributed by atoms with E-state index < -0.39 is 5.82 Å². The molecule has 0 amide bonds. The van der Waals surface area contributed by atoms with Gasteiger partial charge in [0.25, 0.3) is 0 Å². The highest BCUT2D eigenvalue weighted by Gasteiger charge is 2.11. The average Bonchev–Trinajstić information content (AvgIpc) is 2.52. The minimum atomic E-state index is -0.464. The monoisotopic (exact) mass is 290 g/mol. The number of carbonyl (C=O) groups is 1. The minimum absolute atomic E-state index is 0.113. The number of aldehydes is 1. The van der Waals surface area contributed by atoms with Gasteiger partial charge in [0, 0.05) is 0 Å². The van der Waals surface area contributed by atoms with Crippen LogP contribution in [-0.4, -0.2) is 20.5 Å². The van der Waals surface area contributed by atoms with E-state index in [4.69, 9.17) is 14.2 Å². The van der Waals surface area contributed by atoms with Crippen LogP contribution >= 0.6 is 0 Å². The van der Waals surface area contributed by atoms with Gasteiger partial charge in [-0.15, -0.1) is 0 Å². The molecule has 2 rings (SSSR count). The Hall–Kier alpha value is -2.56. The van der Waals surface area contributed by atoms with Crippen molar-refractivity contribution in [2.24, 2.45) is 0 Å². The van der Waals surface area contributed by atoms with Gasteiger partial charge in [-0.25, -0.2) is 4.39 Å². The van der Waals surface area contributed by atoms with Crippen LogP contribution in [0.15, 0.2) is 36.4 Å². The SMILES string of the molecule is COc1ccc(COc2c(C=O)cccc2OC)cc1F. The van der Waals surface area contributed by atoms with E-state index in [0.29, 0.717) is 28.9 Å². The molecule has 0 fully saturated rings. The standard InChI is InChI=1S/C16H15FO4/c1-19-14-7-6-11(8-13(14)17)10-21-16-12(9-18)4-3-5-15(16)20-2/h3-9H,10H2,1-2H3. The van der Waals surface area contributed by atoms with Crippen molar-refractivity contribution < 1.29 is 23.4 Å². The molecule has 110 valence electrons. The van der Waals surface area contributed by atoms with E-state index in [1.807, 2.05) is 0 Å². The lowest BCUT2D eigenvalue weighted by Crippen LogP contribution is -2.01. The Morgan fingerprint density at radius 3 is 2.48 bits per heavy atom. The molecule has 0 atom stereocenters. The van der Waals surface area contributed by atoms with E-state index in [2.05, 4.69) is 0 Å². The van der Waals surface area contributed by atoms with E-state index in [-0.39, 0.29) is 12.4 Å². The molecule has 5 heteroatoms. The van der Waals surface area contributed by atoms with Crippen LogP contribution in [0.4, 0.5) is 4.39 Å². The van der Waals surface area contributed by atoms with Crippen LogP contribution in [0.2, 0.25) is 0 Å². The molecule has 0 heterocycles. The molecule has 0 saturated heterocycles. The average molecular weight is 290 g/mol. The molecule has 0 radical (unpaired) electrons. The number of hydrogen-bond acceptors (Lipinski definition) is 4. The molecular weight excluding hydrogens is 275 g/mol. The molecule has 0 aliphatic rings. The highest BCUT2D eigenvalue weighted by molar-refractivity contribution is 5.81. The fourth-order valence-electron chi connectivity index (χ4n) is 1.90. The topological polar surface area (TPSA) is 44.8 Å². The highest BCUT2D eigenvalue weighted by Crippen LogP contribution is 2.31. The first-order chi connectivity index (χ1) is 10.2. The predicted molar refractivity (Wildman–Crippen MR) is 75.7 cm³/mol.